The lowest BCUT2D eigenvalue weighted by Crippen LogP contribution is -2.50. The number of para-hydroxylation sites is 1. The lowest BCUT2D eigenvalue weighted by atomic mass is 9.82. The average molecular weight is 462 g/mol. The highest BCUT2D eigenvalue weighted by molar-refractivity contribution is 6.20. The molecular formula is C26H31N5O3. The van der Waals surface area contributed by atoms with Gasteiger partial charge in [-0.05, 0) is 37.0 Å². The van der Waals surface area contributed by atoms with Crippen LogP contribution in [0.2, 0.25) is 0 Å². The number of amides is 3. The van der Waals surface area contributed by atoms with Crippen LogP contribution in [0.25, 0.3) is 0 Å². The quantitative estimate of drug-likeness (QED) is 0.558. The summed E-state index contributed by atoms with van der Waals surface area (Å²) in [6, 6.07) is 11.0. The van der Waals surface area contributed by atoms with Gasteiger partial charge in [-0.15, -0.1) is 6.58 Å². The monoisotopic (exact) mass is 461 g/mol. The molecule has 0 radical (unpaired) electrons. The SMILES string of the molecule is C=CC[C@H](C(N)=O)[C@@H](CC(C)C)C(=O)NC1N=C(c2ccncc2)c2ccccc2N(C)C1=O. The molecule has 0 aliphatic carbocycles. The van der Waals surface area contributed by atoms with Crippen LogP contribution in [0, 0.1) is 17.8 Å². The molecule has 3 N–H and O–H groups in total. The van der Waals surface area contributed by atoms with E-state index in [9.17, 15) is 14.4 Å². The van der Waals surface area contributed by atoms with Gasteiger partial charge in [-0.2, -0.15) is 0 Å². The van der Waals surface area contributed by atoms with Gasteiger partial charge in [0.25, 0.3) is 5.91 Å². The van der Waals surface area contributed by atoms with Crippen molar-refractivity contribution in [2.24, 2.45) is 28.5 Å². The first-order chi connectivity index (χ1) is 16.2. The predicted octanol–water partition coefficient (Wildman–Crippen LogP) is 2.68. The smallest absolute Gasteiger partial charge is 0.272 e. The highest BCUT2D eigenvalue weighted by Crippen LogP contribution is 2.28. The number of aromatic nitrogens is 1. The zero-order chi connectivity index (χ0) is 24.8. The molecule has 0 saturated carbocycles. The molecule has 0 spiro atoms. The minimum atomic E-state index is -1.17. The largest absolute Gasteiger partial charge is 0.369 e. The Morgan fingerprint density at radius 3 is 2.47 bits per heavy atom. The highest BCUT2D eigenvalue weighted by Gasteiger charge is 2.36. The number of benzene rings is 1. The van der Waals surface area contributed by atoms with E-state index in [4.69, 9.17) is 10.7 Å². The summed E-state index contributed by atoms with van der Waals surface area (Å²) in [7, 11) is 1.65. The third-order valence-corrected chi connectivity index (χ3v) is 5.91. The number of anilines is 1. The summed E-state index contributed by atoms with van der Waals surface area (Å²) in [6.07, 6.45) is 4.42. The molecule has 34 heavy (non-hydrogen) atoms. The number of primary amides is 1. The molecule has 3 amide bonds. The van der Waals surface area contributed by atoms with E-state index >= 15 is 0 Å². The first-order valence-electron chi connectivity index (χ1n) is 11.3. The zero-order valence-electron chi connectivity index (χ0n) is 19.8. The third kappa shape index (κ3) is 5.39. The van der Waals surface area contributed by atoms with Crippen LogP contribution in [0.1, 0.15) is 37.8 Å². The molecular weight excluding hydrogens is 430 g/mol. The normalized spacial score (nSPS) is 17.3. The van der Waals surface area contributed by atoms with Crippen molar-refractivity contribution in [1.82, 2.24) is 10.3 Å². The van der Waals surface area contributed by atoms with E-state index in [2.05, 4.69) is 16.9 Å². The Labute approximate surface area is 200 Å². The number of fused-ring (bicyclic) bond motifs is 1. The second kappa shape index (κ2) is 10.9. The highest BCUT2D eigenvalue weighted by atomic mass is 16.2. The van der Waals surface area contributed by atoms with Crippen LogP contribution in [0.4, 0.5) is 5.69 Å². The Morgan fingerprint density at radius 1 is 1.18 bits per heavy atom. The van der Waals surface area contributed by atoms with Crippen LogP contribution >= 0.6 is 0 Å². The van der Waals surface area contributed by atoms with E-state index in [0.29, 0.717) is 17.8 Å². The van der Waals surface area contributed by atoms with Crippen molar-refractivity contribution in [2.75, 3.05) is 11.9 Å². The minimum Gasteiger partial charge on any atom is -0.369 e. The Hall–Kier alpha value is -3.81. The molecule has 2 aromatic rings. The second-order valence-corrected chi connectivity index (χ2v) is 8.81. The van der Waals surface area contributed by atoms with Crippen LogP contribution < -0.4 is 16.0 Å². The van der Waals surface area contributed by atoms with Gasteiger partial charge in [0, 0.05) is 30.6 Å². The number of nitrogens with zero attached hydrogens (tertiary/aromatic N) is 3. The van der Waals surface area contributed by atoms with Crippen molar-refractivity contribution in [3.8, 4) is 0 Å². The van der Waals surface area contributed by atoms with E-state index in [1.165, 1.54) is 4.90 Å². The zero-order valence-corrected chi connectivity index (χ0v) is 19.8. The van der Waals surface area contributed by atoms with Gasteiger partial charge in [0.05, 0.1) is 23.2 Å². The standard InChI is InChI=1S/C26H31N5O3/c1-5-8-18(23(27)32)20(15-16(2)3)25(33)30-24-26(34)31(4)21-10-7-6-9-19(21)22(29-24)17-11-13-28-14-12-17/h5-7,9-14,16,18,20,24H,1,8,15H2,2-4H3,(H2,27,32)(H,30,33)/t18-,20+,24?/m0/s1. The van der Waals surface area contributed by atoms with Crippen molar-refractivity contribution >= 4 is 29.1 Å². The maximum absolute atomic E-state index is 13.4. The van der Waals surface area contributed by atoms with Crippen LogP contribution in [-0.4, -0.2) is 41.6 Å². The minimum absolute atomic E-state index is 0.134. The molecule has 0 fully saturated rings. The molecule has 1 aromatic heterocycles. The maximum atomic E-state index is 13.4. The van der Waals surface area contributed by atoms with Gasteiger partial charge < -0.3 is 16.0 Å². The summed E-state index contributed by atoms with van der Waals surface area (Å²) in [5.41, 5.74) is 8.41. The fourth-order valence-electron chi connectivity index (χ4n) is 4.22. The van der Waals surface area contributed by atoms with E-state index < -0.39 is 29.8 Å². The first kappa shape index (κ1) is 24.8. The van der Waals surface area contributed by atoms with Crippen molar-refractivity contribution in [3.63, 3.8) is 0 Å². The molecule has 0 bridgehead atoms. The first-order valence-corrected chi connectivity index (χ1v) is 11.3. The van der Waals surface area contributed by atoms with Crippen LogP contribution in [-0.2, 0) is 14.4 Å². The van der Waals surface area contributed by atoms with Crippen molar-refractivity contribution in [3.05, 3.63) is 72.6 Å². The third-order valence-electron chi connectivity index (χ3n) is 5.91. The summed E-state index contributed by atoms with van der Waals surface area (Å²) in [5, 5.41) is 2.80. The molecule has 0 saturated heterocycles. The van der Waals surface area contributed by atoms with Gasteiger partial charge in [0.15, 0.2) is 0 Å². The van der Waals surface area contributed by atoms with Crippen LogP contribution in [0.15, 0.2) is 66.4 Å². The maximum Gasteiger partial charge on any atom is 0.272 e. The van der Waals surface area contributed by atoms with Crippen LogP contribution in [0.3, 0.4) is 0 Å². The van der Waals surface area contributed by atoms with E-state index in [-0.39, 0.29) is 18.2 Å². The molecule has 3 atom stereocenters. The van der Waals surface area contributed by atoms with E-state index in [1.807, 2.05) is 38.1 Å². The number of carbonyl (C=O) groups is 3. The number of nitrogens with two attached hydrogens (primary N) is 1. The average Bonchev–Trinajstić information content (AvgIpc) is 2.92. The predicted molar refractivity (Wildman–Crippen MR) is 132 cm³/mol. The van der Waals surface area contributed by atoms with Crippen molar-refractivity contribution < 1.29 is 14.4 Å². The van der Waals surface area contributed by atoms with Gasteiger partial charge in [0.1, 0.15) is 0 Å². The summed E-state index contributed by atoms with van der Waals surface area (Å²) < 4.78 is 0. The molecule has 8 heteroatoms. The lowest BCUT2D eigenvalue weighted by molar-refractivity contribution is -0.135. The van der Waals surface area contributed by atoms with Crippen molar-refractivity contribution in [1.29, 1.82) is 0 Å². The topological polar surface area (TPSA) is 118 Å². The number of allylic oxidation sites excluding steroid dienone is 1. The number of benzodiazepines with no additional fused rings is 1. The molecule has 1 aliphatic heterocycles. The molecule has 2 heterocycles. The fourth-order valence-corrected chi connectivity index (χ4v) is 4.22. The Kier molecular flexibility index (Phi) is 7.94. The number of likely N-dealkylation sites (N-methyl/N-ethyl adjacent to an activating group) is 1. The Bertz CT molecular complexity index is 1100. The lowest BCUT2D eigenvalue weighted by Gasteiger charge is -2.27. The number of rotatable bonds is 9. The summed E-state index contributed by atoms with van der Waals surface area (Å²) >= 11 is 0. The number of aliphatic imine (C=N–C) groups is 1. The summed E-state index contributed by atoms with van der Waals surface area (Å²) in [5.74, 6) is -2.69. The molecule has 1 aliphatic rings. The van der Waals surface area contributed by atoms with Gasteiger partial charge in [-0.1, -0.05) is 38.1 Å². The number of nitrogens with one attached hydrogen (secondary N) is 1. The van der Waals surface area contributed by atoms with Crippen molar-refractivity contribution in [2.45, 2.75) is 32.9 Å². The number of pyridine rings is 1. The molecule has 3 rings (SSSR count). The number of hydrogen-bond donors (Lipinski definition) is 2. The summed E-state index contributed by atoms with van der Waals surface area (Å²) in [6.45, 7) is 7.62. The molecule has 178 valence electrons. The van der Waals surface area contributed by atoms with Gasteiger partial charge in [-0.3, -0.25) is 19.4 Å². The molecule has 8 nitrogen and oxygen atoms in total. The Balaban J connectivity index is 2.03. The van der Waals surface area contributed by atoms with E-state index in [1.54, 1.807) is 37.7 Å². The van der Waals surface area contributed by atoms with E-state index in [0.717, 1.165) is 11.1 Å². The number of carbonyl (C=O) groups excluding carboxylic acids is 3. The van der Waals surface area contributed by atoms with Crippen LogP contribution in [0.5, 0.6) is 0 Å². The van der Waals surface area contributed by atoms with Gasteiger partial charge in [0.2, 0.25) is 18.0 Å². The van der Waals surface area contributed by atoms with Gasteiger partial charge >= 0.3 is 0 Å². The number of hydrogen-bond acceptors (Lipinski definition) is 5. The Morgan fingerprint density at radius 2 is 1.85 bits per heavy atom. The molecule has 1 unspecified atom stereocenters. The molecule has 1 aromatic carbocycles. The fraction of sp³-hybridized carbons (Fsp3) is 0.346. The summed E-state index contributed by atoms with van der Waals surface area (Å²) in [4.78, 5) is 49.2. The second-order valence-electron chi connectivity index (χ2n) is 8.81. The van der Waals surface area contributed by atoms with Gasteiger partial charge in [-0.25, -0.2) is 4.99 Å².